The molecule has 6 heteroatoms. The van der Waals surface area contributed by atoms with Gasteiger partial charge in [-0.25, -0.2) is 4.98 Å². The molecule has 0 aliphatic heterocycles. The first kappa shape index (κ1) is 10.4. The fourth-order valence-corrected chi connectivity index (χ4v) is 1.38. The quantitative estimate of drug-likeness (QED) is 0.778. The van der Waals surface area contributed by atoms with Crippen molar-refractivity contribution in [3.05, 3.63) is 30.2 Å². The van der Waals surface area contributed by atoms with E-state index < -0.39 is 0 Å². The van der Waals surface area contributed by atoms with Gasteiger partial charge in [0.2, 0.25) is 5.95 Å². The lowest BCUT2D eigenvalue weighted by Gasteiger charge is -2.03. The Morgan fingerprint density at radius 1 is 1.50 bits per heavy atom. The molecule has 0 aromatic carbocycles. The lowest BCUT2D eigenvalue weighted by atomic mass is 10.2. The van der Waals surface area contributed by atoms with E-state index in [9.17, 15) is 0 Å². The lowest BCUT2D eigenvalue weighted by molar-refractivity contribution is 0.766. The number of anilines is 2. The monoisotopic (exact) mass is 218 g/mol. The number of nitrogens with two attached hydrogens (primary N) is 1. The normalized spacial score (nSPS) is 10.3. The summed E-state index contributed by atoms with van der Waals surface area (Å²) in [6.45, 7) is 0.759. The molecule has 2 aromatic heterocycles. The van der Waals surface area contributed by atoms with Gasteiger partial charge in [-0.1, -0.05) is 0 Å². The molecular weight excluding hydrogens is 204 g/mol. The number of hydrogen-bond donors (Lipinski definition) is 2. The van der Waals surface area contributed by atoms with Crippen molar-refractivity contribution in [2.45, 2.75) is 6.42 Å². The summed E-state index contributed by atoms with van der Waals surface area (Å²) in [6.07, 6.45) is 6.35. The van der Waals surface area contributed by atoms with Crippen LogP contribution in [0.1, 0.15) is 5.56 Å². The van der Waals surface area contributed by atoms with Gasteiger partial charge in [0.15, 0.2) is 0 Å². The van der Waals surface area contributed by atoms with E-state index in [2.05, 4.69) is 20.4 Å². The van der Waals surface area contributed by atoms with E-state index in [0.29, 0.717) is 11.8 Å². The molecule has 16 heavy (non-hydrogen) atoms. The Bertz CT molecular complexity index is 464. The highest BCUT2D eigenvalue weighted by atomic mass is 15.2. The Labute approximate surface area is 93.5 Å². The molecule has 0 aliphatic carbocycles. The van der Waals surface area contributed by atoms with Crippen LogP contribution in [0.3, 0.4) is 0 Å². The summed E-state index contributed by atoms with van der Waals surface area (Å²) >= 11 is 0. The fourth-order valence-electron chi connectivity index (χ4n) is 1.38. The van der Waals surface area contributed by atoms with E-state index in [1.807, 2.05) is 19.4 Å². The topological polar surface area (TPSA) is 81.7 Å². The van der Waals surface area contributed by atoms with E-state index >= 15 is 0 Å². The first-order chi connectivity index (χ1) is 7.74. The Hall–Kier alpha value is -2.11. The molecule has 0 fully saturated rings. The second kappa shape index (κ2) is 4.61. The molecule has 84 valence electrons. The molecule has 0 unspecified atom stereocenters. The maximum absolute atomic E-state index is 5.54. The van der Waals surface area contributed by atoms with Crippen LogP contribution in [0.4, 0.5) is 11.8 Å². The predicted molar refractivity (Wildman–Crippen MR) is 61.8 cm³/mol. The maximum atomic E-state index is 5.54. The van der Waals surface area contributed by atoms with Crippen LogP contribution in [-0.4, -0.2) is 26.3 Å². The number of hydrogen-bond acceptors (Lipinski definition) is 5. The van der Waals surface area contributed by atoms with Gasteiger partial charge in [0.05, 0.1) is 6.20 Å². The van der Waals surface area contributed by atoms with Gasteiger partial charge in [0.25, 0.3) is 0 Å². The zero-order valence-electron chi connectivity index (χ0n) is 9.09. The highest BCUT2D eigenvalue weighted by Gasteiger charge is 1.98. The van der Waals surface area contributed by atoms with E-state index in [1.165, 1.54) is 5.56 Å². The van der Waals surface area contributed by atoms with Crippen LogP contribution in [0, 0.1) is 0 Å². The minimum absolute atomic E-state index is 0.471. The molecule has 2 aromatic rings. The molecule has 6 nitrogen and oxygen atoms in total. The average molecular weight is 218 g/mol. The number of rotatable bonds is 4. The first-order valence-electron chi connectivity index (χ1n) is 5.04. The molecule has 0 saturated heterocycles. The summed E-state index contributed by atoms with van der Waals surface area (Å²) in [4.78, 5) is 8.10. The van der Waals surface area contributed by atoms with Crippen LogP contribution in [0.5, 0.6) is 0 Å². The molecule has 0 atom stereocenters. The van der Waals surface area contributed by atoms with Crippen molar-refractivity contribution in [3.8, 4) is 0 Å². The zero-order valence-corrected chi connectivity index (χ0v) is 9.09. The highest BCUT2D eigenvalue weighted by molar-refractivity contribution is 5.34. The van der Waals surface area contributed by atoms with Crippen LogP contribution in [0.15, 0.2) is 24.7 Å². The molecule has 3 N–H and O–H groups in total. The molecule has 2 rings (SSSR count). The number of nitrogens with one attached hydrogen (secondary N) is 1. The Morgan fingerprint density at radius 3 is 3.06 bits per heavy atom. The molecular formula is C10H14N6. The third-order valence-electron chi connectivity index (χ3n) is 2.13. The fraction of sp³-hybridized carbons (Fsp3) is 0.300. The van der Waals surface area contributed by atoms with Gasteiger partial charge in [-0.15, -0.1) is 0 Å². The summed E-state index contributed by atoms with van der Waals surface area (Å²) < 4.78 is 1.78. The number of nitrogens with zero attached hydrogens (tertiary/aromatic N) is 4. The summed E-state index contributed by atoms with van der Waals surface area (Å²) in [6, 6.07) is 1.66. The van der Waals surface area contributed by atoms with Crippen molar-refractivity contribution in [1.82, 2.24) is 19.7 Å². The minimum Gasteiger partial charge on any atom is -0.384 e. The van der Waals surface area contributed by atoms with Crippen molar-refractivity contribution in [2.75, 3.05) is 17.6 Å². The van der Waals surface area contributed by atoms with E-state index in [0.717, 1.165) is 13.0 Å². The van der Waals surface area contributed by atoms with Crippen molar-refractivity contribution in [3.63, 3.8) is 0 Å². The summed E-state index contributed by atoms with van der Waals surface area (Å²) in [7, 11) is 1.90. The van der Waals surface area contributed by atoms with Gasteiger partial charge in [-0.3, -0.25) is 4.68 Å². The highest BCUT2D eigenvalue weighted by Crippen LogP contribution is 2.02. The lowest BCUT2D eigenvalue weighted by Crippen LogP contribution is -2.08. The summed E-state index contributed by atoms with van der Waals surface area (Å²) in [5, 5.41) is 7.20. The van der Waals surface area contributed by atoms with Gasteiger partial charge in [0.1, 0.15) is 5.82 Å². The minimum atomic E-state index is 0.471. The second-order valence-electron chi connectivity index (χ2n) is 3.50. The van der Waals surface area contributed by atoms with Crippen LogP contribution in [0.2, 0.25) is 0 Å². The van der Waals surface area contributed by atoms with Gasteiger partial charge in [0, 0.05) is 26.0 Å². The SMILES string of the molecule is Cn1cc(CCNc2nccc(N)n2)cn1. The van der Waals surface area contributed by atoms with Gasteiger partial charge >= 0.3 is 0 Å². The average Bonchev–Trinajstić information content (AvgIpc) is 2.64. The smallest absolute Gasteiger partial charge is 0.224 e. The molecule has 0 aliphatic rings. The number of nitrogen functional groups attached to an aromatic ring is 1. The predicted octanol–water partition coefficient (Wildman–Crippen LogP) is 0.447. The van der Waals surface area contributed by atoms with E-state index in [-0.39, 0.29) is 0 Å². The van der Waals surface area contributed by atoms with Gasteiger partial charge in [-0.05, 0) is 18.1 Å². The molecule has 0 spiro atoms. The van der Waals surface area contributed by atoms with E-state index in [1.54, 1.807) is 16.9 Å². The van der Waals surface area contributed by atoms with Crippen LogP contribution < -0.4 is 11.1 Å². The molecule has 0 radical (unpaired) electrons. The molecule has 0 saturated carbocycles. The van der Waals surface area contributed by atoms with Crippen molar-refractivity contribution in [1.29, 1.82) is 0 Å². The van der Waals surface area contributed by atoms with Crippen molar-refractivity contribution in [2.24, 2.45) is 7.05 Å². The first-order valence-corrected chi connectivity index (χ1v) is 5.04. The standard InChI is InChI=1S/C10H14N6/c1-16-7-8(6-14-16)2-4-12-10-13-5-3-9(11)15-10/h3,5-7H,2,4H2,1H3,(H3,11,12,13,15). The van der Waals surface area contributed by atoms with Gasteiger partial charge < -0.3 is 11.1 Å². The van der Waals surface area contributed by atoms with Crippen molar-refractivity contribution < 1.29 is 0 Å². The largest absolute Gasteiger partial charge is 0.384 e. The van der Waals surface area contributed by atoms with Gasteiger partial charge in [-0.2, -0.15) is 10.1 Å². The van der Waals surface area contributed by atoms with Crippen LogP contribution in [-0.2, 0) is 13.5 Å². The maximum Gasteiger partial charge on any atom is 0.224 e. The number of aryl methyl sites for hydroxylation is 1. The molecule has 0 amide bonds. The third kappa shape index (κ3) is 2.69. The zero-order chi connectivity index (χ0) is 11.4. The Kier molecular flexibility index (Phi) is 3.00. The molecule has 0 bridgehead atoms. The Morgan fingerprint density at radius 2 is 2.38 bits per heavy atom. The number of aromatic nitrogens is 4. The molecule has 2 heterocycles. The third-order valence-corrected chi connectivity index (χ3v) is 2.13. The van der Waals surface area contributed by atoms with Crippen LogP contribution in [0.25, 0.3) is 0 Å². The van der Waals surface area contributed by atoms with Crippen LogP contribution >= 0.6 is 0 Å². The second-order valence-corrected chi connectivity index (χ2v) is 3.50. The summed E-state index contributed by atoms with van der Waals surface area (Å²) in [5.41, 5.74) is 6.72. The Balaban J connectivity index is 1.84. The summed E-state index contributed by atoms with van der Waals surface area (Å²) in [5.74, 6) is 1.03. The van der Waals surface area contributed by atoms with Crippen molar-refractivity contribution >= 4 is 11.8 Å². The van der Waals surface area contributed by atoms with E-state index in [4.69, 9.17) is 5.73 Å².